The summed E-state index contributed by atoms with van der Waals surface area (Å²) in [5, 5.41) is 15.9. The zero-order valence-corrected chi connectivity index (χ0v) is 11.4. The highest BCUT2D eigenvalue weighted by Gasteiger charge is 2.14. The molecule has 3 N–H and O–H groups in total. The maximum absolute atomic E-state index is 8.47. The Bertz CT molecular complexity index is 510. The van der Waals surface area contributed by atoms with Gasteiger partial charge in [-0.2, -0.15) is 0 Å². The first-order chi connectivity index (χ1) is 9.66. The second-order valence-corrected chi connectivity index (χ2v) is 4.95. The van der Waals surface area contributed by atoms with E-state index < -0.39 is 5.09 Å². The van der Waals surface area contributed by atoms with Gasteiger partial charge in [0.2, 0.25) is 0 Å². The molecule has 2 aliphatic rings. The van der Waals surface area contributed by atoms with Crippen molar-refractivity contribution < 1.29 is 15.5 Å². The van der Waals surface area contributed by atoms with E-state index in [-0.39, 0.29) is 0 Å². The maximum atomic E-state index is 8.47. The zero-order chi connectivity index (χ0) is 14.4. The van der Waals surface area contributed by atoms with Gasteiger partial charge in [-0.1, -0.05) is 18.2 Å². The van der Waals surface area contributed by atoms with E-state index in [1.807, 2.05) is 0 Å². The van der Waals surface area contributed by atoms with E-state index in [0.29, 0.717) is 0 Å². The molecule has 0 radical (unpaired) electrons. The van der Waals surface area contributed by atoms with Gasteiger partial charge in [0.15, 0.2) is 0 Å². The molecule has 6 nitrogen and oxygen atoms in total. The molecule has 0 fully saturated rings. The summed E-state index contributed by atoms with van der Waals surface area (Å²) in [6.45, 7) is 1.97. The predicted octanol–water partition coefficient (Wildman–Crippen LogP) is 1.65. The fourth-order valence-electron chi connectivity index (χ4n) is 2.77. The monoisotopic (exact) mass is 278 g/mol. The van der Waals surface area contributed by atoms with Crippen LogP contribution in [-0.2, 0) is 19.3 Å². The van der Waals surface area contributed by atoms with Crippen molar-refractivity contribution in [3.05, 3.63) is 39.8 Å². The molecule has 0 bridgehead atoms. The van der Waals surface area contributed by atoms with Crippen LogP contribution in [0.5, 0.6) is 0 Å². The Morgan fingerprint density at radius 1 is 1.25 bits per heavy atom. The molecule has 3 rings (SSSR count). The number of amidine groups is 1. The summed E-state index contributed by atoms with van der Waals surface area (Å²) in [6.07, 6.45) is 6.24. The Morgan fingerprint density at radius 3 is 2.70 bits per heavy atom. The average molecular weight is 278 g/mol. The summed E-state index contributed by atoms with van der Waals surface area (Å²) in [6, 6.07) is 6.77. The Morgan fingerprint density at radius 2 is 2.00 bits per heavy atom. The van der Waals surface area contributed by atoms with Gasteiger partial charge < -0.3 is 5.32 Å². The summed E-state index contributed by atoms with van der Waals surface area (Å²) in [7, 11) is 0. The second-order valence-electron chi connectivity index (χ2n) is 4.95. The third kappa shape index (κ3) is 3.94. The Kier molecular flexibility index (Phi) is 4.92. The molecule has 0 saturated carbocycles. The molecule has 6 heteroatoms. The van der Waals surface area contributed by atoms with Crippen LogP contribution in [-0.4, -0.2) is 34.4 Å². The molecule has 108 valence electrons. The first-order valence-corrected chi connectivity index (χ1v) is 6.88. The third-order valence-corrected chi connectivity index (χ3v) is 3.59. The zero-order valence-electron chi connectivity index (χ0n) is 11.4. The highest BCUT2D eigenvalue weighted by Crippen LogP contribution is 2.24. The number of aliphatic imine (C=N–C) groups is 1. The van der Waals surface area contributed by atoms with Crippen molar-refractivity contribution in [3.8, 4) is 0 Å². The van der Waals surface area contributed by atoms with Crippen molar-refractivity contribution in [1.29, 1.82) is 0 Å². The van der Waals surface area contributed by atoms with Crippen LogP contribution in [0, 0.1) is 4.91 Å². The Hall–Kier alpha value is -2.11. The minimum atomic E-state index is -1.25. The molecule has 0 amide bonds. The Balaban J connectivity index is 0.000000328. The van der Waals surface area contributed by atoms with Crippen LogP contribution >= 0.6 is 0 Å². The van der Waals surface area contributed by atoms with Crippen LogP contribution in [0.3, 0.4) is 0 Å². The second kappa shape index (κ2) is 6.88. The van der Waals surface area contributed by atoms with Crippen molar-refractivity contribution in [1.82, 2.24) is 5.32 Å². The van der Waals surface area contributed by atoms with Crippen molar-refractivity contribution in [2.45, 2.75) is 32.1 Å². The molecule has 0 saturated heterocycles. The topological polar surface area (TPSA) is 84.9 Å². The normalized spacial score (nSPS) is 16.3. The first kappa shape index (κ1) is 14.3. The van der Waals surface area contributed by atoms with E-state index in [0.717, 1.165) is 19.5 Å². The van der Waals surface area contributed by atoms with Crippen molar-refractivity contribution >= 4 is 5.84 Å². The third-order valence-electron chi connectivity index (χ3n) is 3.59. The minimum Gasteiger partial charge on any atom is -0.372 e. The van der Waals surface area contributed by atoms with E-state index in [4.69, 9.17) is 15.3 Å². The molecule has 0 spiro atoms. The van der Waals surface area contributed by atoms with Gasteiger partial charge in [0.25, 0.3) is 0 Å². The van der Waals surface area contributed by atoms with Gasteiger partial charge in [-0.05, 0) is 42.4 Å². The molecule has 1 aromatic rings. The van der Waals surface area contributed by atoms with E-state index in [2.05, 4.69) is 28.5 Å². The molecule has 1 heterocycles. The lowest BCUT2D eigenvalue weighted by Crippen LogP contribution is -2.21. The lowest BCUT2D eigenvalue weighted by Gasteiger charge is -2.19. The van der Waals surface area contributed by atoms with Gasteiger partial charge in [-0.3, -0.25) is 4.99 Å². The first-order valence-electron chi connectivity index (χ1n) is 6.88. The minimum absolute atomic E-state index is 0.949. The lowest BCUT2D eigenvalue weighted by atomic mass is 9.87. The van der Waals surface area contributed by atoms with E-state index >= 15 is 0 Å². The van der Waals surface area contributed by atoms with Crippen LogP contribution in [0.2, 0.25) is 0 Å². The molecular formula is C14H20N3O3+. The van der Waals surface area contributed by atoms with Gasteiger partial charge >= 0.3 is 5.09 Å². The van der Waals surface area contributed by atoms with Gasteiger partial charge in [0, 0.05) is 13.0 Å². The highest BCUT2D eigenvalue weighted by molar-refractivity contribution is 5.86. The van der Waals surface area contributed by atoms with Gasteiger partial charge in [0.1, 0.15) is 10.7 Å². The summed E-state index contributed by atoms with van der Waals surface area (Å²) in [5.41, 5.74) is 4.66. The number of fused-ring (bicyclic) bond motifs is 1. The number of benzene rings is 1. The molecule has 1 aliphatic carbocycles. The van der Waals surface area contributed by atoms with E-state index in [1.165, 1.54) is 37.1 Å². The molecule has 1 aliphatic heterocycles. The summed E-state index contributed by atoms with van der Waals surface area (Å²) >= 11 is 0. The van der Waals surface area contributed by atoms with Crippen LogP contribution in [0.4, 0.5) is 0 Å². The van der Waals surface area contributed by atoms with E-state index in [1.54, 1.807) is 11.1 Å². The number of nitrogens with one attached hydrogen (secondary N) is 1. The fourth-order valence-corrected chi connectivity index (χ4v) is 2.77. The van der Waals surface area contributed by atoms with Gasteiger partial charge in [0.05, 0.1) is 6.54 Å². The largest absolute Gasteiger partial charge is 0.472 e. The molecule has 0 aromatic heterocycles. The smallest absolute Gasteiger partial charge is 0.372 e. The molecule has 20 heavy (non-hydrogen) atoms. The number of hydrogen-bond acceptors (Lipinski definition) is 3. The summed E-state index contributed by atoms with van der Waals surface area (Å²) in [4.78, 5) is 13.0. The van der Waals surface area contributed by atoms with Crippen LogP contribution in [0.25, 0.3) is 0 Å². The predicted molar refractivity (Wildman–Crippen MR) is 74.3 cm³/mol. The summed E-state index contributed by atoms with van der Waals surface area (Å²) < 4.78 is 0. The lowest BCUT2D eigenvalue weighted by molar-refractivity contribution is -0.969. The SMILES string of the molecule is O=[N+](O)O.c1cc2c(c(CC3=NCCN3)c1)CCCC2. The molecule has 0 atom stereocenters. The average Bonchev–Trinajstić information content (AvgIpc) is 2.91. The quantitative estimate of drug-likeness (QED) is 0.718. The van der Waals surface area contributed by atoms with Crippen LogP contribution < -0.4 is 5.32 Å². The van der Waals surface area contributed by atoms with Crippen LogP contribution in [0.15, 0.2) is 23.2 Å². The van der Waals surface area contributed by atoms with Crippen molar-refractivity contribution in [2.24, 2.45) is 4.99 Å². The van der Waals surface area contributed by atoms with Gasteiger partial charge in [-0.15, -0.1) is 0 Å². The van der Waals surface area contributed by atoms with Crippen LogP contribution in [0.1, 0.15) is 29.5 Å². The van der Waals surface area contributed by atoms with Crippen molar-refractivity contribution in [2.75, 3.05) is 13.1 Å². The maximum Gasteiger partial charge on any atom is 0.472 e. The number of hydrogen-bond donors (Lipinski definition) is 3. The molecule has 0 unspecified atom stereocenters. The Labute approximate surface area is 117 Å². The highest BCUT2D eigenvalue weighted by atomic mass is 16.9. The van der Waals surface area contributed by atoms with Crippen molar-refractivity contribution in [3.63, 3.8) is 0 Å². The number of rotatable bonds is 2. The molecular weight excluding hydrogens is 258 g/mol. The standard InChI is InChI=1S/C14H18N2.H2NO3/c1-2-7-13-11(4-1)5-3-6-12(13)10-14-15-8-9-16-14;2-1(3)4/h3,5-6H,1-2,4,7-10H2,(H,15,16);(H2,2,3,4)/q;+1. The molecule has 1 aromatic carbocycles. The summed E-state index contributed by atoms with van der Waals surface area (Å²) in [5.74, 6) is 1.18. The number of nitrogens with zero attached hydrogens (tertiary/aromatic N) is 2. The fraction of sp³-hybridized carbons (Fsp3) is 0.500. The van der Waals surface area contributed by atoms with E-state index in [9.17, 15) is 0 Å². The number of aryl methyl sites for hydroxylation is 1. The van der Waals surface area contributed by atoms with Gasteiger partial charge in [-0.25, -0.2) is 10.4 Å².